The summed E-state index contributed by atoms with van der Waals surface area (Å²) in [4.78, 5) is 29.6. The molecule has 0 radical (unpaired) electrons. The molecule has 23 heavy (non-hydrogen) atoms. The predicted octanol–water partition coefficient (Wildman–Crippen LogP) is 2.74. The standard InChI is InChI=1S/C17H21N3O2S/c1-10(2)18-15(21)11(3)23-17-19-14-7-5-4-6-13(14)16(22)20(17)12-8-9-12/h4-7,10-12H,8-9H2,1-3H3,(H,18,21)/t11-/m1/s1. The lowest BCUT2D eigenvalue weighted by Crippen LogP contribution is -2.36. The van der Waals surface area contributed by atoms with Crippen molar-refractivity contribution in [3.05, 3.63) is 34.6 Å². The van der Waals surface area contributed by atoms with Crippen LogP contribution in [0.3, 0.4) is 0 Å². The highest BCUT2D eigenvalue weighted by Gasteiger charge is 2.30. The molecule has 1 fully saturated rings. The molecule has 0 spiro atoms. The summed E-state index contributed by atoms with van der Waals surface area (Å²) < 4.78 is 1.77. The molecule has 0 unspecified atom stereocenters. The molecule has 0 aliphatic heterocycles. The van der Waals surface area contributed by atoms with E-state index in [1.54, 1.807) is 4.57 Å². The number of fused-ring (bicyclic) bond motifs is 1. The molecule has 122 valence electrons. The lowest BCUT2D eigenvalue weighted by Gasteiger charge is -2.17. The molecule has 0 bridgehead atoms. The molecule has 2 aromatic rings. The number of para-hydroxylation sites is 1. The van der Waals surface area contributed by atoms with Gasteiger partial charge in [-0.3, -0.25) is 14.2 Å². The number of hydrogen-bond donors (Lipinski definition) is 1. The maximum absolute atomic E-state index is 12.8. The average Bonchev–Trinajstić information content (AvgIpc) is 3.31. The quantitative estimate of drug-likeness (QED) is 0.676. The van der Waals surface area contributed by atoms with Crippen LogP contribution in [0.1, 0.15) is 39.7 Å². The van der Waals surface area contributed by atoms with Crippen molar-refractivity contribution in [1.82, 2.24) is 14.9 Å². The van der Waals surface area contributed by atoms with Crippen molar-refractivity contribution >= 4 is 28.6 Å². The molecule has 1 N–H and O–H groups in total. The Morgan fingerprint density at radius 3 is 2.65 bits per heavy atom. The molecule has 1 atom stereocenters. The second kappa shape index (κ2) is 6.35. The molecule has 5 nitrogen and oxygen atoms in total. The fourth-order valence-corrected chi connectivity index (χ4v) is 3.46. The van der Waals surface area contributed by atoms with Gasteiger partial charge in [0.1, 0.15) is 0 Å². The number of benzene rings is 1. The first kappa shape index (κ1) is 16.1. The second-order valence-electron chi connectivity index (χ2n) is 6.24. The van der Waals surface area contributed by atoms with Crippen LogP contribution in [-0.4, -0.2) is 26.8 Å². The largest absolute Gasteiger partial charge is 0.353 e. The Labute approximate surface area is 139 Å². The Balaban J connectivity index is 1.98. The van der Waals surface area contributed by atoms with Crippen molar-refractivity contribution in [2.45, 2.75) is 56.1 Å². The average molecular weight is 331 g/mol. The van der Waals surface area contributed by atoms with Gasteiger partial charge in [0.25, 0.3) is 5.56 Å². The highest BCUT2D eigenvalue weighted by Crippen LogP contribution is 2.37. The van der Waals surface area contributed by atoms with Crippen molar-refractivity contribution in [2.75, 3.05) is 0 Å². The number of amides is 1. The van der Waals surface area contributed by atoms with Crippen LogP contribution in [0.25, 0.3) is 10.9 Å². The van der Waals surface area contributed by atoms with Crippen molar-refractivity contribution in [3.8, 4) is 0 Å². The van der Waals surface area contributed by atoms with E-state index in [0.717, 1.165) is 12.8 Å². The molecule has 3 rings (SSSR count). The Hall–Kier alpha value is -1.82. The number of nitrogens with zero attached hydrogens (tertiary/aromatic N) is 2. The van der Waals surface area contributed by atoms with E-state index >= 15 is 0 Å². The number of carbonyl (C=O) groups excluding carboxylic acids is 1. The lowest BCUT2D eigenvalue weighted by molar-refractivity contribution is -0.120. The summed E-state index contributed by atoms with van der Waals surface area (Å²) in [6.45, 7) is 5.72. The fraction of sp³-hybridized carbons (Fsp3) is 0.471. The van der Waals surface area contributed by atoms with Gasteiger partial charge in [-0.05, 0) is 45.7 Å². The van der Waals surface area contributed by atoms with Gasteiger partial charge >= 0.3 is 0 Å². The number of thioether (sulfide) groups is 1. The van der Waals surface area contributed by atoms with Gasteiger partial charge in [-0.2, -0.15) is 0 Å². The molecular weight excluding hydrogens is 310 g/mol. The Kier molecular flexibility index (Phi) is 4.43. The van der Waals surface area contributed by atoms with E-state index in [-0.39, 0.29) is 28.8 Å². The van der Waals surface area contributed by atoms with Crippen LogP contribution < -0.4 is 10.9 Å². The molecular formula is C17H21N3O2S. The number of carbonyl (C=O) groups is 1. The summed E-state index contributed by atoms with van der Waals surface area (Å²) >= 11 is 1.36. The number of rotatable bonds is 5. The van der Waals surface area contributed by atoms with Gasteiger partial charge in [0.15, 0.2) is 5.16 Å². The first-order valence-electron chi connectivity index (χ1n) is 7.95. The van der Waals surface area contributed by atoms with Crippen LogP contribution in [0.5, 0.6) is 0 Å². The van der Waals surface area contributed by atoms with E-state index in [0.29, 0.717) is 16.1 Å². The zero-order chi connectivity index (χ0) is 16.6. The van der Waals surface area contributed by atoms with Gasteiger partial charge in [-0.25, -0.2) is 4.98 Å². The Morgan fingerprint density at radius 1 is 1.30 bits per heavy atom. The van der Waals surface area contributed by atoms with E-state index < -0.39 is 0 Å². The molecule has 1 aliphatic carbocycles. The van der Waals surface area contributed by atoms with Crippen LogP contribution in [0.4, 0.5) is 0 Å². The third kappa shape index (κ3) is 3.42. The number of hydrogen-bond acceptors (Lipinski definition) is 4. The van der Waals surface area contributed by atoms with E-state index in [9.17, 15) is 9.59 Å². The summed E-state index contributed by atoms with van der Waals surface area (Å²) in [5.74, 6) is -0.0326. The van der Waals surface area contributed by atoms with Crippen molar-refractivity contribution in [2.24, 2.45) is 0 Å². The first-order chi connectivity index (χ1) is 11.0. The van der Waals surface area contributed by atoms with Gasteiger partial charge in [-0.15, -0.1) is 0 Å². The van der Waals surface area contributed by atoms with E-state index in [2.05, 4.69) is 10.3 Å². The maximum atomic E-state index is 12.8. The van der Waals surface area contributed by atoms with E-state index in [1.807, 2.05) is 45.0 Å². The number of aromatic nitrogens is 2. The monoisotopic (exact) mass is 331 g/mol. The van der Waals surface area contributed by atoms with Crippen molar-refractivity contribution < 1.29 is 4.79 Å². The third-order valence-corrected chi connectivity index (χ3v) is 4.84. The zero-order valence-electron chi connectivity index (χ0n) is 13.6. The molecule has 6 heteroatoms. The van der Waals surface area contributed by atoms with Crippen molar-refractivity contribution in [1.29, 1.82) is 0 Å². The van der Waals surface area contributed by atoms with Gasteiger partial charge in [0.05, 0.1) is 16.2 Å². The zero-order valence-corrected chi connectivity index (χ0v) is 14.4. The van der Waals surface area contributed by atoms with Crippen LogP contribution in [0.15, 0.2) is 34.2 Å². The van der Waals surface area contributed by atoms with Crippen molar-refractivity contribution in [3.63, 3.8) is 0 Å². The first-order valence-corrected chi connectivity index (χ1v) is 8.83. The molecule has 1 aromatic carbocycles. The fourth-order valence-electron chi connectivity index (χ4n) is 2.48. The molecule has 1 amide bonds. The topological polar surface area (TPSA) is 64.0 Å². The van der Waals surface area contributed by atoms with E-state index in [1.165, 1.54) is 11.8 Å². The highest BCUT2D eigenvalue weighted by molar-refractivity contribution is 8.00. The van der Waals surface area contributed by atoms with Crippen LogP contribution >= 0.6 is 11.8 Å². The Bertz CT molecular complexity index is 796. The molecule has 1 aromatic heterocycles. The summed E-state index contributed by atoms with van der Waals surface area (Å²) in [5, 5.41) is 3.89. The summed E-state index contributed by atoms with van der Waals surface area (Å²) in [6, 6.07) is 7.71. The number of nitrogens with one attached hydrogen (secondary N) is 1. The minimum atomic E-state index is -0.296. The molecule has 0 saturated heterocycles. The summed E-state index contributed by atoms with van der Waals surface area (Å²) in [5.41, 5.74) is 0.686. The van der Waals surface area contributed by atoms with Gasteiger partial charge in [0.2, 0.25) is 5.91 Å². The van der Waals surface area contributed by atoms with Gasteiger partial charge in [-0.1, -0.05) is 23.9 Å². The van der Waals surface area contributed by atoms with Crippen LogP contribution in [0, 0.1) is 0 Å². The Morgan fingerprint density at radius 2 is 2.00 bits per heavy atom. The lowest BCUT2D eigenvalue weighted by atomic mass is 10.2. The van der Waals surface area contributed by atoms with Gasteiger partial charge in [0, 0.05) is 12.1 Å². The molecule has 1 heterocycles. The van der Waals surface area contributed by atoms with Crippen LogP contribution in [-0.2, 0) is 4.79 Å². The maximum Gasteiger partial charge on any atom is 0.262 e. The summed E-state index contributed by atoms with van der Waals surface area (Å²) in [6.07, 6.45) is 2.00. The third-order valence-electron chi connectivity index (χ3n) is 3.77. The summed E-state index contributed by atoms with van der Waals surface area (Å²) in [7, 11) is 0. The van der Waals surface area contributed by atoms with Gasteiger partial charge < -0.3 is 5.32 Å². The normalized spacial score (nSPS) is 15.8. The smallest absolute Gasteiger partial charge is 0.262 e. The highest BCUT2D eigenvalue weighted by atomic mass is 32.2. The minimum Gasteiger partial charge on any atom is -0.353 e. The van der Waals surface area contributed by atoms with E-state index in [4.69, 9.17) is 0 Å². The molecule has 1 saturated carbocycles. The SMILES string of the molecule is CC(C)NC(=O)[C@@H](C)Sc1nc2ccccc2c(=O)n1C1CC1. The second-order valence-corrected chi connectivity index (χ2v) is 7.55. The molecule has 1 aliphatic rings. The van der Waals surface area contributed by atoms with Crippen LogP contribution in [0.2, 0.25) is 0 Å². The predicted molar refractivity (Wildman–Crippen MR) is 92.9 cm³/mol. The minimum absolute atomic E-state index is 0.00272.